The lowest BCUT2D eigenvalue weighted by Crippen LogP contribution is -2.30. The molecule has 0 fully saturated rings. The SMILES string of the molecule is CC/C=C\C/C=C\C/C=C\C/C=C\CCCCCCCCCCC(=O)OC(COC(=O)CCCCCCC/C=C\CCCCC)COC(=O)CCCCCCCCCCCCCCCCC/C=C\CCCCCCCCCC. The van der Waals surface area contributed by atoms with Crippen LogP contribution in [0.4, 0.5) is 0 Å². The fraction of sp³-hybridized carbons (Fsp3) is 0.792. The van der Waals surface area contributed by atoms with Gasteiger partial charge in [0.05, 0.1) is 0 Å². The Morgan fingerprint density at radius 2 is 0.500 bits per heavy atom. The summed E-state index contributed by atoms with van der Waals surface area (Å²) in [5.41, 5.74) is 0. The van der Waals surface area contributed by atoms with E-state index in [9.17, 15) is 14.4 Å². The predicted octanol–water partition coefficient (Wildman–Crippen LogP) is 23.3. The van der Waals surface area contributed by atoms with Crippen LogP contribution in [0.25, 0.3) is 0 Å². The molecule has 0 aromatic rings. The van der Waals surface area contributed by atoms with Gasteiger partial charge in [-0.15, -0.1) is 0 Å². The van der Waals surface area contributed by atoms with Gasteiger partial charge in [0, 0.05) is 19.3 Å². The van der Waals surface area contributed by atoms with Crippen molar-refractivity contribution in [2.75, 3.05) is 13.2 Å². The molecule has 0 spiro atoms. The third-order valence-electron chi connectivity index (χ3n) is 14.9. The number of hydrogen-bond donors (Lipinski definition) is 0. The molecule has 0 bridgehead atoms. The van der Waals surface area contributed by atoms with Crippen molar-refractivity contribution in [3.8, 4) is 0 Å². The Kier molecular flexibility index (Phi) is 63.7. The number of carbonyl (C=O) groups excluding carboxylic acids is 3. The van der Waals surface area contributed by atoms with Crippen molar-refractivity contribution in [3.05, 3.63) is 72.9 Å². The van der Waals surface area contributed by atoms with Crippen molar-refractivity contribution in [3.63, 3.8) is 0 Å². The zero-order valence-corrected chi connectivity index (χ0v) is 51.9. The first-order valence-electron chi connectivity index (χ1n) is 33.9. The predicted molar refractivity (Wildman–Crippen MR) is 339 cm³/mol. The molecule has 0 N–H and O–H groups in total. The minimum absolute atomic E-state index is 0.0789. The Bertz CT molecular complexity index is 1440. The fourth-order valence-corrected chi connectivity index (χ4v) is 9.84. The highest BCUT2D eigenvalue weighted by Crippen LogP contribution is 2.17. The van der Waals surface area contributed by atoms with Gasteiger partial charge >= 0.3 is 17.9 Å². The first-order chi connectivity index (χ1) is 38.5. The summed E-state index contributed by atoms with van der Waals surface area (Å²) in [5, 5.41) is 0. The van der Waals surface area contributed by atoms with Gasteiger partial charge in [-0.3, -0.25) is 14.4 Å². The van der Waals surface area contributed by atoms with Crippen LogP contribution >= 0.6 is 0 Å². The van der Waals surface area contributed by atoms with Crippen molar-refractivity contribution in [2.24, 2.45) is 0 Å². The Morgan fingerprint density at radius 1 is 0.269 bits per heavy atom. The van der Waals surface area contributed by atoms with E-state index in [1.54, 1.807) is 0 Å². The van der Waals surface area contributed by atoms with Gasteiger partial charge < -0.3 is 14.2 Å². The molecule has 0 saturated heterocycles. The van der Waals surface area contributed by atoms with Gasteiger partial charge in [0.15, 0.2) is 6.10 Å². The molecule has 0 heterocycles. The highest BCUT2D eigenvalue weighted by Gasteiger charge is 2.19. The van der Waals surface area contributed by atoms with Crippen LogP contribution in [-0.2, 0) is 28.6 Å². The van der Waals surface area contributed by atoms with E-state index in [1.165, 1.54) is 212 Å². The van der Waals surface area contributed by atoms with Crippen LogP contribution in [0.1, 0.15) is 348 Å². The van der Waals surface area contributed by atoms with Crippen LogP contribution in [-0.4, -0.2) is 37.2 Å². The first kappa shape index (κ1) is 74.8. The maximum absolute atomic E-state index is 12.9. The molecule has 6 nitrogen and oxygen atoms in total. The molecule has 0 aliphatic carbocycles. The van der Waals surface area contributed by atoms with Gasteiger partial charge in [-0.1, -0.05) is 293 Å². The Hall–Kier alpha value is -3.15. The Balaban J connectivity index is 4.24. The average Bonchev–Trinajstić information content (AvgIpc) is 3.44. The van der Waals surface area contributed by atoms with Crippen molar-refractivity contribution >= 4 is 17.9 Å². The summed E-state index contributed by atoms with van der Waals surface area (Å²) >= 11 is 0. The number of hydrogen-bond acceptors (Lipinski definition) is 6. The molecule has 0 saturated carbocycles. The van der Waals surface area contributed by atoms with Crippen LogP contribution in [0, 0.1) is 0 Å². The van der Waals surface area contributed by atoms with Crippen LogP contribution in [0.5, 0.6) is 0 Å². The summed E-state index contributed by atoms with van der Waals surface area (Å²) in [6, 6.07) is 0. The van der Waals surface area contributed by atoms with Gasteiger partial charge in [-0.25, -0.2) is 0 Å². The molecule has 0 rings (SSSR count). The summed E-state index contributed by atoms with van der Waals surface area (Å²) < 4.78 is 16.9. The minimum atomic E-state index is -0.784. The lowest BCUT2D eigenvalue weighted by atomic mass is 10.0. The van der Waals surface area contributed by atoms with Crippen LogP contribution < -0.4 is 0 Å². The first-order valence-corrected chi connectivity index (χ1v) is 33.9. The van der Waals surface area contributed by atoms with Crippen LogP contribution in [0.3, 0.4) is 0 Å². The maximum Gasteiger partial charge on any atom is 0.306 e. The van der Waals surface area contributed by atoms with Crippen molar-refractivity contribution < 1.29 is 28.6 Å². The van der Waals surface area contributed by atoms with Gasteiger partial charge in [0.25, 0.3) is 0 Å². The second kappa shape index (κ2) is 66.4. The topological polar surface area (TPSA) is 78.9 Å². The smallest absolute Gasteiger partial charge is 0.306 e. The fourth-order valence-electron chi connectivity index (χ4n) is 9.84. The summed E-state index contributed by atoms with van der Waals surface area (Å²) in [5.74, 6) is -0.880. The summed E-state index contributed by atoms with van der Waals surface area (Å²) in [6.07, 6.45) is 86.4. The van der Waals surface area contributed by atoms with E-state index in [0.29, 0.717) is 19.3 Å². The molecule has 0 aliphatic rings. The van der Waals surface area contributed by atoms with E-state index in [4.69, 9.17) is 14.2 Å². The molecular weight excluding hydrogens is 961 g/mol. The second-order valence-corrected chi connectivity index (χ2v) is 22.7. The monoisotopic (exact) mass is 1090 g/mol. The van der Waals surface area contributed by atoms with Crippen molar-refractivity contribution in [1.29, 1.82) is 0 Å². The third-order valence-corrected chi connectivity index (χ3v) is 14.9. The molecule has 452 valence electrons. The lowest BCUT2D eigenvalue weighted by molar-refractivity contribution is -0.167. The molecule has 0 aromatic heterocycles. The van der Waals surface area contributed by atoms with E-state index >= 15 is 0 Å². The number of esters is 3. The molecule has 1 unspecified atom stereocenters. The molecule has 0 aliphatic heterocycles. The van der Waals surface area contributed by atoms with Crippen molar-refractivity contribution in [2.45, 2.75) is 354 Å². The number of unbranched alkanes of at least 4 members (excludes halogenated alkanes) is 39. The molecular formula is C72H128O6. The molecule has 6 heteroatoms. The molecule has 78 heavy (non-hydrogen) atoms. The lowest BCUT2D eigenvalue weighted by Gasteiger charge is -2.18. The van der Waals surface area contributed by atoms with Gasteiger partial charge in [-0.05, 0) is 109 Å². The van der Waals surface area contributed by atoms with Crippen molar-refractivity contribution in [1.82, 2.24) is 0 Å². The Morgan fingerprint density at radius 3 is 0.821 bits per heavy atom. The average molecular weight is 1090 g/mol. The number of rotatable bonds is 62. The van der Waals surface area contributed by atoms with Crippen LogP contribution in [0.15, 0.2) is 72.9 Å². The normalized spacial score (nSPS) is 12.5. The third kappa shape index (κ3) is 63.7. The van der Waals surface area contributed by atoms with E-state index in [2.05, 4.69) is 93.7 Å². The van der Waals surface area contributed by atoms with Gasteiger partial charge in [-0.2, -0.15) is 0 Å². The summed E-state index contributed by atoms with van der Waals surface area (Å²) in [6.45, 7) is 6.53. The number of ether oxygens (including phenoxy) is 3. The Labute approximate surface area is 484 Å². The zero-order valence-electron chi connectivity index (χ0n) is 51.9. The quantitative estimate of drug-likeness (QED) is 0.0261. The maximum atomic E-state index is 12.9. The van der Waals surface area contributed by atoms with E-state index in [1.807, 2.05) is 0 Å². The minimum Gasteiger partial charge on any atom is -0.462 e. The molecule has 0 radical (unpaired) electrons. The standard InChI is InChI=1S/C72H128O6/c1-4-7-10-13-16-19-22-25-27-29-31-33-34-35-36-37-38-40-41-43-45-47-50-53-56-59-62-65-71(74)77-68-69(67-76-70(73)64-61-58-55-52-49-24-21-18-15-12-9-6-3)78-72(75)66-63-60-57-54-51-48-46-44-42-39-32-30-28-26-23-20-17-14-11-8-5-2/h8,11,17-18,20-21,26,28-29,31-32,39,69H,4-7,9-10,12-16,19,22-25,27,30,33-38,40-68H2,1-3H3/b11-8-,20-17-,21-18-,28-26-,31-29-,39-32-. The summed E-state index contributed by atoms with van der Waals surface area (Å²) in [4.78, 5) is 38.3. The second-order valence-electron chi connectivity index (χ2n) is 22.7. The number of carbonyl (C=O) groups is 3. The highest BCUT2D eigenvalue weighted by atomic mass is 16.6. The molecule has 0 amide bonds. The highest BCUT2D eigenvalue weighted by molar-refractivity contribution is 5.71. The van der Waals surface area contributed by atoms with Gasteiger partial charge in [0.1, 0.15) is 13.2 Å². The largest absolute Gasteiger partial charge is 0.462 e. The number of allylic oxidation sites excluding steroid dienone is 12. The van der Waals surface area contributed by atoms with E-state index in [-0.39, 0.29) is 31.1 Å². The van der Waals surface area contributed by atoms with E-state index < -0.39 is 6.10 Å². The molecule has 0 aromatic carbocycles. The van der Waals surface area contributed by atoms with Gasteiger partial charge in [0.2, 0.25) is 0 Å². The zero-order chi connectivity index (χ0) is 56.4. The van der Waals surface area contributed by atoms with E-state index in [0.717, 1.165) is 96.3 Å². The molecule has 1 atom stereocenters. The summed E-state index contributed by atoms with van der Waals surface area (Å²) in [7, 11) is 0. The van der Waals surface area contributed by atoms with Crippen LogP contribution in [0.2, 0.25) is 0 Å².